The number of benzene rings is 1. The van der Waals surface area contributed by atoms with Crippen LogP contribution in [0.25, 0.3) is 0 Å². The summed E-state index contributed by atoms with van der Waals surface area (Å²) in [6, 6.07) is 6.18. The Kier molecular flexibility index (Phi) is 5.40. The molecule has 0 bridgehead atoms. The van der Waals surface area contributed by atoms with Gasteiger partial charge in [0.05, 0.1) is 24.7 Å². The van der Waals surface area contributed by atoms with E-state index in [2.05, 4.69) is 15.4 Å². The van der Waals surface area contributed by atoms with E-state index in [1.54, 1.807) is 6.07 Å². The third-order valence-electron chi connectivity index (χ3n) is 3.08. The fourth-order valence-corrected chi connectivity index (χ4v) is 3.08. The number of nitrogens with one attached hydrogen (secondary N) is 2. The molecule has 1 aliphatic rings. The van der Waals surface area contributed by atoms with Crippen LogP contribution < -0.4 is 10.6 Å². The number of anilines is 1. The Hall–Kier alpha value is -2.06. The van der Waals surface area contributed by atoms with Gasteiger partial charge in [0.1, 0.15) is 0 Å². The molecule has 1 aliphatic heterocycles. The molecule has 2 atom stereocenters. The highest BCUT2D eigenvalue weighted by molar-refractivity contribution is 8.01. The zero-order valence-electron chi connectivity index (χ0n) is 11.9. The van der Waals surface area contributed by atoms with Crippen molar-refractivity contribution in [3.63, 3.8) is 0 Å². The normalized spacial score (nSPS) is 17.9. The minimum absolute atomic E-state index is 0.0989. The first-order chi connectivity index (χ1) is 10.5. The number of hydrogen-bond donors (Lipinski definition) is 3. The molecule has 118 valence electrons. The number of hydrogen-bond acceptors (Lipinski definition) is 6. The average molecular weight is 324 g/mol. The molecule has 7 nitrogen and oxygen atoms in total. The van der Waals surface area contributed by atoms with Crippen LogP contribution in [0.5, 0.6) is 0 Å². The molecule has 0 aromatic heterocycles. The third-order valence-corrected chi connectivity index (χ3v) is 4.36. The van der Waals surface area contributed by atoms with Crippen LogP contribution in [-0.4, -0.2) is 47.9 Å². The van der Waals surface area contributed by atoms with E-state index >= 15 is 0 Å². The van der Waals surface area contributed by atoms with E-state index < -0.39 is 29.8 Å². The minimum atomic E-state index is -1.12. The van der Waals surface area contributed by atoms with Gasteiger partial charge in [-0.15, -0.1) is 11.8 Å². The number of amides is 2. The van der Waals surface area contributed by atoms with E-state index in [1.165, 1.54) is 18.9 Å². The zero-order valence-corrected chi connectivity index (χ0v) is 12.7. The summed E-state index contributed by atoms with van der Waals surface area (Å²) in [7, 11) is 1.17. The van der Waals surface area contributed by atoms with Crippen LogP contribution in [0.15, 0.2) is 29.2 Å². The van der Waals surface area contributed by atoms with Crippen LogP contribution in [0.1, 0.15) is 6.42 Å². The van der Waals surface area contributed by atoms with Crippen molar-refractivity contribution in [2.24, 2.45) is 0 Å². The molecule has 0 fully saturated rings. The molecular weight excluding hydrogens is 308 g/mol. The van der Waals surface area contributed by atoms with Crippen molar-refractivity contribution >= 4 is 35.2 Å². The third kappa shape index (κ3) is 3.77. The summed E-state index contributed by atoms with van der Waals surface area (Å²) in [5.74, 6) is -1.50. The fourth-order valence-electron chi connectivity index (χ4n) is 1.97. The van der Waals surface area contributed by atoms with E-state index in [0.717, 1.165) is 10.6 Å². The minimum Gasteiger partial charge on any atom is -0.467 e. The monoisotopic (exact) mass is 324 g/mol. The Morgan fingerprint density at radius 3 is 2.86 bits per heavy atom. The van der Waals surface area contributed by atoms with Crippen LogP contribution in [0.4, 0.5) is 5.69 Å². The van der Waals surface area contributed by atoms with E-state index in [0.29, 0.717) is 0 Å². The smallest absolute Gasteiger partial charge is 0.330 e. The van der Waals surface area contributed by atoms with Gasteiger partial charge in [0.2, 0.25) is 11.8 Å². The van der Waals surface area contributed by atoms with Gasteiger partial charge < -0.3 is 20.5 Å². The Morgan fingerprint density at radius 1 is 1.45 bits per heavy atom. The van der Waals surface area contributed by atoms with Crippen LogP contribution in [-0.2, 0) is 19.1 Å². The first kappa shape index (κ1) is 16.3. The number of ether oxygens (including phenoxy) is 1. The molecule has 0 saturated carbocycles. The van der Waals surface area contributed by atoms with Crippen LogP contribution >= 0.6 is 11.8 Å². The average Bonchev–Trinajstić information content (AvgIpc) is 2.52. The molecule has 0 unspecified atom stereocenters. The number of aliphatic hydroxyl groups is 1. The highest BCUT2D eigenvalue weighted by Crippen LogP contribution is 2.36. The molecule has 0 spiro atoms. The number of aliphatic hydroxyl groups excluding tert-OH is 1. The molecule has 2 amide bonds. The number of esters is 1. The molecule has 2 rings (SSSR count). The largest absolute Gasteiger partial charge is 0.467 e. The molecule has 1 heterocycles. The Labute approximate surface area is 131 Å². The number of thioether (sulfide) groups is 1. The Morgan fingerprint density at radius 2 is 2.18 bits per heavy atom. The van der Waals surface area contributed by atoms with E-state index in [4.69, 9.17) is 5.11 Å². The molecule has 0 aliphatic carbocycles. The first-order valence-corrected chi connectivity index (χ1v) is 7.47. The van der Waals surface area contributed by atoms with E-state index in [9.17, 15) is 14.4 Å². The summed E-state index contributed by atoms with van der Waals surface area (Å²) in [4.78, 5) is 36.1. The Bertz CT molecular complexity index is 592. The predicted octanol–water partition coefficient (Wildman–Crippen LogP) is 0.140. The quantitative estimate of drug-likeness (QED) is 0.666. The van der Waals surface area contributed by atoms with Gasteiger partial charge in [-0.1, -0.05) is 12.1 Å². The van der Waals surface area contributed by atoms with Crippen molar-refractivity contribution in [3.05, 3.63) is 24.3 Å². The van der Waals surface area contributed by atoms with Crippen LogP contribution in [0.2, 0.25) is 0 Å². The second kappa shape index (κ2) is 7.28. The maximum absolute atomic E-state index is 12.0. The lowest BCUT2D eigenvalue weighted by atomic mass is 10.2. The highest BCUT2D eigenvalue weighted by Gasteiger charge is 2.30. The van der Waals surface area contributed by atoms with Gasteiger partial charge in [0, 0.05) is 11.3 Å². The molecule has 1 aromatic carbocycles. The molecule has 3 N–H and O–H groups in total. The molecule has 22 heavy (non-hydrogen) atoms. The molecule has 0 saturated heterocycles. The topological polar surface area (TPSA) is 105 Å². The van der Waals surface area contributed by atoms with Crippen molar-refractivity contribution in [1.82, 2.24) is 5.32 Å². The van der Waals surface area contributed by atoms with Gasteiger partial charge in [-0.25, -0.2) is 4.79 Å². The second-order valence-corrected chi connectivity index (χ2v) is 5.87. The lowest BCUT2D eigenvalue weighted by Gasteiger charge is -2.24. The summed E-state index contributed by atoms with van der Waals surface area (Å²) in [5.41, 5.74) is 0.719. The summed E-state index contributed by atoms with van der Waals surface area (Å²) < 4.78 is 4.46. The maximum atomic E-state index is 12.0. The van der Waals surface area contributed by atoms with Crippen molar-refractivity contribution < 1.29 is 24.2 Å². The number of rotatable bonds is 5. The summed E-state index contributed by atoms with van der Waals surface area (Å²) in [5, 5.41) is 13.6. The summed E-state index contributed by atoms with van der Waals surface area (Å²) >= 11 is 1.29. The van der Waals surface area contributed by atoms with Crippen molar-refractivity contribution in [2.45, 2.75) is 22.6 Å². The van der Waals surface area contributed by atoms with Gasteiger partial charge in [-0.3, -0.25) is 9.59 Å². The van der Waals surface area contributed by atoms with Gasteiger partial charge in [0.15, 0.2) is 6.04 Å². The van der Waals surface area contributed by atoms with Crippen molar-refractivity contribution in [3.8, 4) is 0 Å². The lowest BCUT2D eigenvalue weighted by molar-refractivity contribution is -0.146. The number of carbonyl (C=O) groups excluding carboxylic acids is 3. The molecular formula is C14H16N2O5S. The summed E-state index contributed by atoms with van der Waals surface area (Å²) in [6.07, 6.45) is -0.0989. The maximum Gasteiger partial charge on any atom is 0.330 e. The standard InChI is InChI=1S/C14H16N2O5S/c1-21-14(20)9(7-17)15-12(18)6-11-13(19)16-8-4-2-3-5-10(8)22-11/h2-5,9,11,17H,6-7H2,1H3,(H,15,18)(H,16,19)/t9-,11+/m0/s1. The van der Waals surface area contributed by atoms with Crippen LogP contribution in [0.3, 0.4) is 0 Å². The van der Waals surface area contributed by atoms with Crippen molar-refractivity contribution in [1.29, 1.82) is 0 Å². The molecule has 0 radical (unpaired) electrons. The second-order valence-electron chi connectivity index (χ2n) is 4.62. The van der Waals surface area contributed by atoms with E-state index in [-0.39, 0.29) is 12.3 Å². The van der Waals surface area contributed by atoms with Gasteiger partial charge in [-0.05, 0) is 12.1 Å². The SMILES string of the molecule is COC(=O)[C@H](CO)NC(=O)C[C@H]1Sc2ccccc2NC1=O. The first-order valence-electron chi connectivity index (χ1n) is 6.59. The van der Waals surface area contributed by atoms with E-state index in [1.807, 2.05) is 18.2 Å². The predicted molar refractivity (Wildman–Crippen MR) is 80.4 cm³/mol. The fraction of sp³-hybridized carbons (Fsp3) is 0.357. The van der Waals surface area contributed by atoms with Crippen molar-refractivity contribution in [2.75, 3.05) is 19.0 Å². The Balaban J connectivity index is 1.97. The van der Waals surface area contributed by atoms with Gasteiger partial charge >= 0.3 is 5.97 Å². The summed E-state index contributed by atoms with van der Waals surface area (Å²) in [6.45, 7) is -0.564. The lowest BCUT2D eigenvalue weighted by Crippen LogP contribution is -2.45. The number of methoxy groups -OCH3 is 1. The highest BCUT2D eigenvalue weighted by atomic mass is 32.2. The van der Waals surface area contributed by atoms with Gasteiger partial charge in [0.25, 0.3) is 0 Å². The number of fused-ring (bicyclic) bond motifs is 1. The zero-order chi connectivity index (χ0) is 16.1. The van der Waals surface area contributed by atoms with Gasteiger partial charge in [-0.2, -0.15) is 0 Å². The molecule has 1 aromatic rings. The number of para-hydroxylation sites is 1. The van der Waals surface area contributed by atoms with Crippen LogP contribution in [0, 0.1) is 0 Å². The number of carbonyl (C=O) groups is 3. The molecule has 8 heteroatoms.